The maximum absolute atomic E-state index is 12.4. The van der Waals surface area contributed by atoms with Crippen LogP contribution in [0.3, 0.4) is 0 Å². The van der Waals surface area contributed by atoms with Gasteiger partial charge in [0.15, 0.2) is 11.5 Å². The van der Waals surface area contributed by atoms with E-state index in [0.29, 0.717) is 23.8 Å². The normalized spacial score (nSPS) is 16.2. The molecule has 0 saturated carbocycles. The number of hydrogen-bond donors (Lipinski definition) is 1. The van der Waals surface area contributed by atoms with Crippen molar-refractivity contribution in [3.8, 4) is 17.2 Å². The molecule has 1 heterocycles. The molecule has 0 aliphatic carbocycles. The lowest BCUT2D eigenvalue weighted by Gasteiger charge is -2.16. The Morgan fingerprint density at radius 2 is 1.79 bits per heavy atom. The maximum atomic E-state index is 12.4. The molecule has 0 spiro atoms. The van der Waals surface area contributed by atoms with Crippen molar-refractivity contribution in [2.24, 2.45) is 11.0 Å². The highest BCUT2D eigenvalue weighted by atomic mass is 16.5. The molecule has 2 amide bonds. The van der Waals surface area contributed by atoms with Crippen molar-refractivity contribution < 1.29 is 23.8 Å². The van der Waals surface area contributed by atoms with Crippen molar-refractivity contribution in [1.82, 2.24) is 5.43 Å². The van der Waals surface area contributed by atoms with Gasteiger partial charge in [-0.25, -0.2) is 5.43 Å². The summed E-state index contributed by atoms with van der Waals surface area (Å²) in [5.41, 5.74) is 3.99. The van der Waals surface area contributed by atoms with E-state index in [-0.39, 0.29) is 18.2 Å². The number of nitrogens with one attached hydrogen (secondary N) is 1. The molecule has 1 saturated heterocycles. The first-order chi connectivity index (χ1) is 14.0. The van der Waals surface area contributed by atoms with E-state index in [2.05, 4.69) is 10.5 Å². The number of benzene rings is 2. The van der Waals surface area contributed by atoms with Gasteiger partial charge in [0.25, 0.3) is 0 Å². The van der Waals surface area contributed by atoms with Crippen molar-refractivity contribution in [3.63, 3.8) is 0 Å². The van der Waals surface area contributed by atoms with Gasteiger partial charge in [-0.15, -0.1) is 0 Å². The summed E-state index contributed by atoms with van der Waals surface area (Å²) in [5, 5.41) is 4.00. The van der Waals surface area contributed by atoms with Gasteiger partial charge in [-0.05, 0) is 48.0 Å². The molecule has 152 valence electrons. The van der Waals surface area contributed by atoms with Gasteiger partial charge in [0.1, 0.15) is 5.75 Å². The lowest BCUT2D eigenvalue weighted by atomic mass is 10.1. The van der Waals surface area contributed by atoms with Crippen molar-refractivity contribution in [3.05, 3.63) is 48.0 Å². The molecule has 8 heteroatoms. The second-order valence-corrected chi connectivity index (χ2v) is 6.45. The molecule has 0 bridgehead atoms. The molecular weight excluding hydrogens is 374 g/mol. The minimum Gasteiger partial charge on any atom is -0.497 e. The number of nitrogens with zero attached hydrogens (tertiary/aromatic N) is 2. The lowest BCUT2D eigenvalue weighted by molar-refractivity contribution is -0.126. The number of amides is 2. The highest BCUT2D eigenvalue weighted by Crippen LogP contribution is 2.28. The van der Waals surface area contributed by atoms with E-state index in [1.54, 1.807) is 68.7 Å². The Morgan fingerprint density at radius 1 is 1.07 bits per heavy atom. The number of anilines is 1. The number of hydrogen-bond acceptors (Lipinski definition) is 6. The first kappa shape index (κ1) is 20.2. The minimum atomic E-state index is -0.466. The van der Waals surface area contributed by atoms with Crippen LogP contribution in [0.15, 0.2) is 47.6 Å². The van der Waals surface area contributed by atoms with E-state index in [1.807, 2.05) is 0 Å². The molecule has 2 aromatic carbocycles. The van der Waals surface area contributed by atoms with Gasteiger partial charge in [0, 0.05) is 18.7 Å². The van der Waals surface area contributed by atoms with Crippen LogP contribution in [0.4, 0.5) is 5.69 Å². The van der Waals surface area contributed by atoms with Crippen LogP contribution >= 0.6 is 0 Å². The summed E-state index contributed by atoms with van der Waals surface area (Å²) in [4.78, 5) is 26.3. The number of carbonyl (C=O) groups excluding carboxylic acids is 2. The average molecular weight is 397 g/mol. The smallest absolute Gasteiger partial charge is 0.245 e. The Bertz CT molecular complexity index is 911. The third-order valence-corrected chi connectivity index (χ3v) is 4.68. The zero-order valence-electron chi connectivity index (χ0n) is 16.5. The van der Waals surface area contributed by atoms with Gasteiger partial charge in [-0.3, -0.25) is 9.59 Å². The standard InChI is InChI=1S/C21H23N3O5/c1-27-17-7-5-16(6-8-17)24-13-15(11-20(24)25)21(26)23-22-12-14-4-9-18(28-2)19(10-14)29-3/h4-10,12,15H,11,13H2,1-3H3,(H,23,26). The summed E-state index contributed by atoms with van der Waals surface area (Å²) < 4.78 is 15.6. The fourth-order valence-corrected chi connectivity index (χ4v) is 3.09. The highest BCUT2D eigenvalue weighted by molar-refractivity contribution is 6.00. The summed E-state index contributed by atoms with van der Waals surface area (Å²) in [6, 6.07) is 12.5. The topological polar surface area (TPSA) is 89.5 Å². The van der Waals surface area contributed by atoms with Crippen LogP contribution < -0.4 is 24.5 Å². The molecule has 1 N–H and O–H groups in total. The Labute approximate surface area is 169 Å². The maximum Gasteiger partial charge on any atom is 0.245 e. The van der Waals surface area contributed by atoms with Crippen LogP contribution in [0, 0.1) is 5.92 Å². The van der Waals surface area contributed by atoms with Crippen LogP contribution in [0.5, 0.6) is 17.2 Å². The molecule has 0 aromatic heterocycles. The molecule has 2 aromatic rings. The van der Waals surface area contributed by atoms with Gasteiger partial charge in [0.05, 0.1) is 33.5 Å². The Balaban J connectivity index is 1.59. The third-order valence-electron chi connectivity index (χ3n) is 4.68. The molecule has 1 atom stereocenters. The Morgan fingerprint density at radius 3 is 2.45 bits per heavy atom. The zero-order valence-corrected chi connectivity index (χ0v) is 16.5. The lowest BCUT2D eigenvalue weighted by Crippen LogP contribution is -2.30. The van der Waals surface area contributed by atoms with Crippen LogP contribution in [-0.2, 0) is 9.59 Å². The molecule has 1 unspecified atom stereocenters. The monoisotopic (exact) mass is 397 g/mol. The largest absolute Gasteiger partial charge is 0.497 e. The van der Waals surface area contributed by atoms with E-state index >= 15 is 0 Å². The highest BCUT2D eigenvalue weighted by Gasteiger charge is 2.35. The van der Waals surface area contributed by atoms with Gasteiger partial charge in [0.2, 0.25) is 11.8 Å². The second kappa shape index (κ2) is 9.09. The number of carbonyl (C=O) groups is 2. The molecule has 1 aliphatic heterocycles. The van der Waals surface area contributed by atoms with Crippen molar-refractivity contribution in [2.45, 2.75) is 6.42 Å². The summed E-state index contributed by atoms with van der Waals surface area (Å²) >= 11 is 0. The van der Waals surface area contributed by atoms with Crippen LogP contribution in [-0.4, -0.2) is 45.9 Å². The third kappa shape index (κ3) is 4.66. The van der Waals surface area contributed by atoms with Crippen LogP contribution in [0.25, 0.3) is 0 Å². The number of methoxy groups -OCH3 is 3. The van der Waals surface area contributed by atoms with Crippen molar-refractivity contribution in [1.29, 1.82) is 0 Å². The second-order valence-electron chi connectivity index (χ2n) is 6.45. The first-order valence-corrected chi connectivity index (χ1v) is 9.05. The SMILES string of the molecule is COc1ccc(N2CC(C(=O)NN=Cc3ccc(OC)c(OC)c3)CC2=O)cc1. The van der Waals surface area contributed by atoms with E-state index in [1.165, 1.54) is 6.21 Å². The van der Waals surface area contributed by atoms with E-state index in [4.69, 9.17) is 14.2 Å². The van der Waals surface area contributed by atoms with Gasteiger partial charge >= 0.3 is 0 Å². The fraction of sp³-hybridized carbons (Fsp3) is 0.286. The average Bonchev–Trinajstić information content (AvgIpc) is 3.15. The van der Waals surface area contributed by atoms with E-state index < -0.39 is 5.92 Å². The first-order valence-electron chi connectivity index (χ1n) is 9.05. The fourth-order valence-electron chi connectivity index (χ4n) is 3.09. The van der Waals surface area contributed by atoms with Gasteiger partial charge < -0.3 is 19.1 Å². The van der Waals surface area contributed by atoms with Gasteiger partial charge in [-0.1, -0.05) is 0 Å². The Kier molecular flexibility index (Phi) is 6.33. The number of rotatable bonds is 7. The quantitative estimate of drug-likeness (QED) is 0.572. The predicted octanol–water partition coefficient (Wildman–Crippen LogP) is 2.22. The molecule has 0 radical (unpaired) electrons. The molecule has 1 fully saturated rings. The summed E-state index contributed by atoms with van der Waals surface area (Å²) in [6.45, 7) is 0.308. The number of hydrazone groups is 1. The van der Waals surface area contributed by atoms with Crippen LogP contribution in [0.2, 0.25) is 0 Å². The molecule has 8 nitrogen and oxygen atoms in total. The van der Waals surface area contributed by atoms with Crippen LogP contribution in [0.1, 0.15) is 12.0 Å². The van der Waals surface area contributed by atoms with Crippen molar-refractivity contribution >= 4 is 23.7 Å². The Hall–Kier alpha value is -3.55. The molecule has 1 aliphatic rings. The molecule has 3 rings (SSSR count). The minimum absolute atomic E-state index is 0.0980. The summed E-state index contributed by atoms with van der Waals surface area (Å²) in [7, 11) is 4.69. The van der Waals surface area contributed by atoms with E-state index in [9.17, 15) is 9.59 Å². The summed E-state index contributed by atoms with van der Waals surface area (Å²) in [5.74, 6) is 1.02. The zero-order chi connectivity index (χ0) is 20.8. The molecule has 29 heavy (non-hydrogen) atoms. The van der Waals surface area contributed by atoms with E-state index in [0.717, 1.165) is 11.3 Å². The molecular formula is C21H23N3O5. The predicted molar refractivity (Wildman–Crippen MR) is 109 cm³/mol. The van der Waals surface area contributed by atoms with Gasteiger partial charge in [-0.2, -0.15) is 5.10 Å². The summed E-state index contributed by atoms with van der Waals surface area (Å²) in [6.07, 6.45) is 1.65. The van der Waals surface area contributed by atoms with Crippen molar-refractivity contribution in [2.75, 3.05) is 32.8 Å². The number of ether oxygens (including phenoxy) is 3.